The summed E-state index contributed by atoms with van der Waals surface area (Å²) in [6.45, 7) is 4.16. The van der Waals surface area contributed by atoms with E-state index >= 15 is 0 Å². The van der Waals surface area contributed by atoms with E-state index in [1.54, 1.807) is 16.8 Å². The van der Waals surface area contributed by atoms with Gasteiger partial charge in [-0.2, -0.15) is 0 Å². The summed E-state index contributed by atoms with van der Waals surface area (Å²) in [5.74, 6) is -0.252. The first-order valence-corrected chi connectivity index (χ1v) is 9.11. The van der Waals surface area contributed by atoms with Crippen molar-refractivity contribution in [2.45, 2.75) is 33.1 Å². The first-order chi connectivity index (χ1) is 12.6. The molecule has 2 aromatic carbocycles. The van der Waals surface area contributed by atoms with Crippen molar-refractivity contribution in [1.29, 1.82) is 0 Å². The SMILES string of the molecule is CCCc1c(C(=O)Nc2ccc(CC)cc2)nnn1-c1ccc(Cl)cc1. The third-order valence-corrected chi connectivity index (χ3v) is 4.41. The molecule has 6 heteroatoms. The summed E-state index contributed by atoms with van der Waals surface area (Å²) < 4.78 is 1.70. The van der Waals surface area contributed by atoms with Gasteiger partial charge in [-0.15, -0.1) is 5.10 Å². The molecule has 1 amide bonds. The molecule has 3 rings (SSSR count). The highest BCUT2D eigenvalue weighted by atomic mass is 35.5. The van der Waals surface area contributed by atoms with Gasteiger partial charge in [0.05, 0.1) is 11.4 Å². The van der Waals surface area contributed by atoms with Crippen LogP contribution in [0.5, 0.6) is 0 Å². The zero-order chi connectivity index (χ0) is 18.5. The van der Waals surface area contributed by atoms with E-state index in [1.807, 2.05) is 36.4 Å². The lowest BCUT2D eigenvalue weighted by molar-refractivity contribution is 0.102. The van der Waals surface area contributed by atoms with E-state index in [9.17, 15) is 4.79 Å². The van der Waals surface area contributed by atoms with Crippen LogP contribution in [0, 0.1) is 0 Å². The third kappa shape index (κ3) is 3.94. The van der Waals surface area contributed by atoms with Crippen molar-refractivity contribution in [3.8, 4) is 5.69 Å². The van der Waals surface area contributed by atoms with Crippen LogP contribution in [0.15, 0.2) is 48.5 Å². The number of carbonyl (C=O) groups excluding carboxylic acids is 1. The Bertz CT molecular complexity index is 885. The Balaban J connectivity index is 1.88. The van der Waals surface area contributed by atoms with Crippen LogP contribution < -0.4 is 5.32 Å². The van der Waals surface area contributed by atoms with Crippen molar-refractivity contribution in [3.05, 3.63) is 70.5 Å². The molecule has 0 saturated heterocycles. The second-order valence-corrected chi connectivity index (χ2v) is 6.46. The van der Waals surface area contributed by atoms with E-state index in [0.29, 0.717) is 17.1 Å². The normalized spacial score (nSPS) is 10.7. The van der Waals surface area contributed by atoms with Crippen LogP contribution in [-0.4, -0.2) is 20.9 Å². The van der Waals surface area contributed by atoms with Crippen LogP contribution in [0.25, 0.3) is 5.69 Å². The van der Waals surface area contributed by atoms with Crippen LogP contribution in [-0.2, 0) is 12.8 Å². The number of halogens is 1. The molecule has 0 aliphatic carbocycles. The Morgan fingerprint density at radius 1 is 1.08 bits per heavy atom. The van der Waals surface area contributed by atoms with Gasteiger partial charge in [0.15, 0.2) is 5.69 Å². The number of aryl methyl sites for hydroxylation is 1. The van der Waals surface area contributed by atoms with Crippen molar-refractivity contribution < 1.29 is 4.79 Å². The second kappa shape index (κ2) is 8.15. The zero-order valence-electron chi connectivity index (χ0n) is 14.9. The molecule has 0 aliphatic rings. The molecule has 0 aliphatic heterocycles. The van der Waals surface area contributed by atoms with Crippen molar-refractivity contribution in [2.75, 3.05) is 5.32 Å². The molecule has 0 unspecified atom stereocenters. The Kier molecular flexibility index (Phi) is 5.68. The fraction of sp³-hybridized carbons (Fsp3) is 0.250. The number of rotatable bonds is 6. The van der Waals surface area contributed by atoms with Gasteiger partial charge < -0.3 is 5.32 Å². The van der Waals surface area contributed by atoms with E-state index in [0.717, 1.165) is 29.9 Å². The van der Waals surface area contributed by atoms with Gasteiger partial charge in [0, 0.05) is 10.7 Å². The molecular weight excluding hydrogens is 348 g/mol. The van der Waals surface area contributed by atoms with Gasteiger partial charge in [0.2, 0.25) is 0 Å². The number of carbonyl (C=O) groups is 1. The number of anilines is 1. The Morgan fingerprint density at radius 2 is 1.77 bits per heavy atom. The minimum absolute atomic E-state index is 0.252. The first-order valence-electron chi connectivity index (χ1n) is 8.73. The molecule has 3 aromatic rings. The average Bonchev–Trinajstić information content (AvgIpc) is 3.07. The number of benzene rings is 2. The van der Waals surface area contributed by atoms with Crippen LogP contribution in [0.4, 0.5) is 5.69 Å². The minimum atomic E-state index is -0.252. The highest BCUT2D eigenvalue weighted by Crippen LogP contribution is 2.19. The molecular formula is C20H21ClN4O. The fourth-order valence-corrected chi connectivity index (χ4v) is 2.87. The second-order valence-electron chi connectivity index (χ2n) is 6.03. The molecule has 0 saturated carbocycles. The van der Waals surface area contributed by atoms with Crippen molar-refractivity contribution >= 4 is 23.2 Å². The van der Waals surface area contributed by atoms with Gasteiger partial charge in [0.1, 0.15) is 0 Å². The number of amides is 1. The number of aromatic nitrogens is 3. The van der Waals surface area contributed by atoms with Crippen LogP contribution >= 0.6 is 11.6 Å². The van der Waals surface area contributed by atoms with Gasteiger partial charge in [-0.05, 0) is 54.8 Å². The lowest BCUT2D eigenvalue weighted by Crippen LogP contribution is -2.15. The molecule has 0 bridgehead atoms. The average molecular weight is 369 g/mol. The lowest BCUT2D eigenvalue weighted by Gasteiger charge is -2.08. The highest BCUT2D eigenvalue weighted by Gasteiger charge is 2.20. The van der Waals surface area contributed by atoms with Gasteiger partial charge in [-0.3, -0.25) is 4.79 Å². The van der Waals surface area contributed by atoms with Crippen molar-refractivity contribution in [3.63, 3.8) is 0 Å². The predicted octanol–water partition coefficient (Wildman–Crippen LogP) is 4.69. The largest absolute Gasteiger partial charge is 0.321 e. The van der Waals surface area contributed by atoms with E-state index in [4.69, 9.17) is 11.6 Å². The molecule has 1 N–H and O–H groups in total. The molecule has 0 fully saturated rings. The molecule has 26 heavy (non-hydrogen) atoms. The van der Waals surface area contributed by atoms with Gasteiger partial charge in [-0.25, -0.2) is 4.68 Å². The van der Waals surface area contributed by atoms with Crippen LogP contribution in [0.2, 0.25) is 5.02 Å². The highest BCUT2D eigenvalue weighted by molar-refractivity contribution is 6.30. The Hall–Kier alpha value is -2.66. The van der Waals surface area contributed by atoms with Gasteiger partial charge in [0.25, 0.3) is 5.91 Å². The maximum Gasteiger partial charge on any atom is 0.278 e. The van der Waals surface area contributed by atoms with E-state index in [-0.39, 0.29) is 5.91 Å². The molecule has 134 valence electrons. The molecule has 0 radical (unpaired) electrons. The topological polar surface area (TPSA) is 59.8 Å². The van der Waals surface area contributed by atoms with Crippen molar-refractivity contribution in [1.82, 2.24) is 15.0 Å². The maximum absolute atomic E-state index is 12.7. The standard InChI is InChI=1S/C20H21ClN4O/c1-3-5-18-19(20(26)22-16-10-6-14(4-2)7-11-16)23-24-25(18)17-12-8-15(21)9-13-17/h6-13H,3-5H2,1-2H3,(H,22,26). The van der Waals surface area contributed by atoms with E-state index in [2.05, 4.69) is 29.5 Å². The Labute approximate surface area is 158 Å². The summed E-state index contributed by atoms with van der Waals surface area (Å²) in [5.41, 5.74) is 3.94. The van der Waals surface area contributed by atoms with Gasteiger partial charge >= 0.3 is 0 Å². The summed E-state index contributed by atoms with van der Waals surface area (Å²) in [6.07, 6.45) is 2.55. The number of hydrogen-bond donors (Lipinski definition) is 1. The van der Waals surface area contributed by atoms with Crippen LogP contribution in [0.3, 0.4) is 0 Å². The molecule has 1 aromatic heterocycles. The summed E-state index contributed by atoms with van der Waals surface area (Å²) >= 11 is 5.96. The lowest BCUT2D eigenvalue weighted by atomic mass is 10.1. The summed E-state index contributed by atoms with van der Waals surface area (Å²) in [6, 6.07) is 15.1. The quantitative estimate of drug-likeness (QED) is 0.686. The molecule has 1 heterocycles. The molecule has 0 spiro atoms. The first kappa shape index (κ1) is 18.1. The third-order valence-electron chi connectivity index (χ3n) is 4.16. The van der Waals surface area contributed by atoms with Gasteiger partial charge in [-0.1, -0.05) is 49.2 Å². The summed E-state index contributed by atoms with van der Waals surface area (Å²) in [7, 11) is 0. The monoisotopic (exact) mass is 368 g/mol. The molecule has 0 atom stereocenters. The summed E-state index contributed by atoms with van der Waals surface area (Å²) in [4.78, 5) is 12.7. The van der Waals surface area contributed by atoms with Crippen molar-refractivity contribution in [2.24, 2.45) is 0 Å². The summed E-state index contributed by atoms with van der Waals surface area (Å²) in [5, 5.41) is 11.9. The number of nitrogens with zero attached hydrogens (tertiary/aromatic N) is 3. The van der Waals surface area contributed by atoms with E-state index < -0.39 is 0 Å². The number of nitrogens with one attached hydrogen (secondary N) is 1. The maximum atomic E-state index is 12.7. The molecule has 5 nitrogen and oxygen atoms in total. The van der Waals surface area contributed by atoms with Crippen LogP contribution in [0.1, 0.15) is 42.0 Å². The minimum Gasteiger partial charge on any atom is -0.321 e. The number of hydrogen-bond acceptors (Lipinski definition) is 3. The fourth-order valence-electron chi connectivity index (χ4n) is 2.74. The zero-order valence-corrected chi connectivity index (χ0v) is 15.6. The smallest absolute Gasteiger partial charge is 0.278 e. The Morgan fingerprint density at radius 3 is 2.38 bits per heavy atom. The van der Waals surface area contributed by atoms with E-state index in [1.165, 1.54) is 5.56 Å². The predicted molar refractivity (Wildman–Crippen MR) is 104 cm³/mol.